The summed E-state index contributed by atoms with van der Waals surface area (Å²) < 4.78 is 0. The number of para-hydroxylation sites is 1. The zero-order valence-electron chi connectivity index (χ0n) is 13.3. The van der Waals surface area contributed by atoms with Gasteiger partial charge in [0.1, 0.15) is 11.6 Å². The van der Waals surface area contributed by atoms with Crippen LogP contribution < -0.4 is 5.32 Å². The van der Waals surface area contributed by atoms with Crippen LogP contribution in [-0.4, -0.2) is 9.97 Å². The van der Waals surface area contributed by atoms with E-state index in [1.807, 2.05) is 24.3 Å². The normalized spacial score (nSPS) is 11.6. The second kappa shape index (κ2) is 5.76. The van der Waals surface area contributed by atoms with Gasteiger partial charge in [0.2, 0.25) is 0 Å². The first-order valence-corrected chi connectivity index (χ1v) is 7.59. The minimum Gasteiger partial charge on any atom is -0.365 e. The topological polar surface area (TPSA) is 37.8 Å². The zero-order chi connectivity index (χ0) is 15.6. The van der Waals surface area contributed by atoms with Crippen molar-refractivity contribution < 1.29 is 0 Å². The molecule has 0 aliphatic heterocycles. The van der Waals surface area contributed by atoms with Gasteiger partial charge in [-0.2, -0.15) is 0 Å². The summed E-state index contributed by atoms with van der Waals surface area (Å²) >= 11 is 0. The SMILES string of the molecule is CC(C)(C)c1nc(NCc2ccccc2)c2ccccc2n1. The molecule has 0 radical (unpaired) electrons. The first-order valence-electron chi connectivity index (χ1n) is 7.59. The van der Waals surface area contributed by atoms with Gasteiger partial charge in [-0.25, -0.2) is 9.97 Å². The lowest BCUT2D eigenvalue weighted by atomic mass is 9.95. The summed E-state index contributed by atoms with van der Waals surface area (Å²) in [5.41, 5.74) is 2.15. The van der Waals surface area contributed by atoms with Gasteiger partial charge < -0.3 is 5.32 Å². The molecule has 1 heterocycles. The largest absolute Gasteiger partial charge is 0.365 e. The Balaban J connectivity index is 1.99. The van der Waals surface area contributed by atoms with Gasteiger partial charge in [-0.05, 0) is 17.7 Å². The first-order chi connectivity index (χ1) is 10.5. The Hall–Kier alpha value is -2.42. The van der Waals surface area contributed by atoms with Gasteiger partial charge in [-0.3, -0.25) is 0 Å². The third-order valence-electron chi connectivity index (χ3n) is 3.58. The summed E-state index contributed by atoms with van der Waals surface area (Å²) in [6.45, 7) is 7.17. The molecule has 0 bridgehead atoms. The Labute approximate surface area is 131 Å². The number of rotatable bonds is 3. The number of aromatic nitrogens is 2. The Morgan fingerprint density at radius 1 is 0.864 bits per heavy atom. The lowest BCUT2D eigenvalue weighted by Crippen LogP contribution is -2.17. The van der Waals surface area contributed by atoms with Crippen LogP contribution in [0.4, 0.5) is 5.82 Å². The van der Waals surface area contributed by atoms with E-state index in [-0.39, 0.29) is 5.41 Å². The Morgan fingerprint density at radius 3 is 2.27 bits per heavy atom. The molecule has 3 rings (SSSR count). The predicted octanol–water partition coefficient (Wildman–Crippen LogP) is 4.54. The molecule has 0 atom stereocenters. The van der Waals surface area contributed by atoms with Crippen molar-refractivity contribution in [3.8, 4) is 0 Å². The summed E-state index contributed by atoms with van der Waals surface area (Å²) in [5.74, 6) is 1.76. The van der Waals surface area contributed by atoms with E-state index in [0.717, 1.165) is 29.1 Å². The molecular weight excluding hydrogens is 270 g/mol. The number of hydrogen-bond acceptors (Lipinski definition) is 3. The average molecular weight is 291 g/mol. The van der Waals surface area contributed by atoms with Gasteiger partial charge in [-0.15, -0.1) is 0 Å². The maximum absolute atomic E-state index is 4.77. The lowest BCUT2D eigenvalue weighted by Gasteiger charge is -2.19. The van der Waals surface area contributed by atoms with Gasteiger partial charge >= 0.3 is 0 Å². The van der Waals surface area contributed by atoms with E-state index in [9.17, 15) is 0 Å². The summed E-state index contributed by atoms with van der Waals surface area (Å²) in [6.07, 6.45) is 0. The summed E-state index contributed by atoms with van der Waals surface area (Å²) in [4.78, 5) is 9.48. The minimum atomic E-state index is -0.0762. The monoisotopic (exact) mass is 291 g/mol. The molecule has 112 valence electrons. The van der Waals surface area contributed by atoms with Crippen LogP contribution in [0.15, 0.2) is 54.6 Å². The Morgan fingerprint density at radius 2 is 1.55 bits per heavy atom. The molecule has 0 amide bonds. The average Bonchev–Trinajstić information content (AvgIpc) is 2.52. The quantitative estimate of drug-likeness (QED) is 0.770. The highest BCUT2D eigenvalue weighted by molar-refractivity contribution is 5.89. The third kappa shape index (κ3) is 3.08. The van der Waals surface area contributed by atoms with Crippen molar-refractivity contribution in [3.05, 3.63) is 66.0 Å². The smallest absolute Gasteiger partial charge is 0.137 e. The predicted molar refractivity (Wildman–Crippen MR) is 92.0 cm³/mol. The molecule has 0 aliphatic rings. The van der Waals surface area contributed by atoms with Gasteiger partial charge in [0.05, 0.1) is 5.52 Å². The molecule has 0 saturated carbocycles. The fourth-order valence-electron chi connectivity index (χ4n) is 2.33. The zero-order valence-corrected chi connectivity index (χ0v) is 13.3. The lowest BCUT2D eigenvalue weighted by molar-refractivity contribution is 0.549. The molecule has 0 saturated heterocycles. The van der Waals surface area contributed by atoms with Gasteiger partial charge in [0.25, 0.3) is 0 Å². The third-order valence-corrected chi connectivity index (χ3v) is 3.58. The van der Waals surface area contributed by atoms with Crippen LogP contribution >= 0.6 is 0 Å². The molecule has 0 fully saturated rings. The molecule has 2 aromatic carbocycles. The molecule has 3 aromatic rings. The van der Waals surface area contributed by atoms with Gasteiger partial charge in [0, 0.05) is 17.3 Å². The van der Waals surface area contributed by atoms with Crippen LogP contribution in [0, 0.1) is 0 Å². The molecule has 22 heavy (non-hydrogen) atoms. The summed E-state index contributed by atoms with van der Waals surface area (Å²) in [5, 5.41) is 4.53. The van der Waals surface area contributed by atoms with E-state index in [1.165, 1.54) is 5.56 Å². The number of fused-ring (bicyclic) bond motifs is 1. The number of nitrogens with zero attached hydrogens (tertiary/aromatic N) is 2. The van der Waals surface area contributed by atoms with E-state index in [2.05, 4.69) is 56.4 Å². The molecule has 1 N–H and O–H groups in total. The van der Waals surface area contributed by atoms with Crippen molar-refractivity contribution in [3.63, 3.8) is 0 Å². The highest BCUT2D eigenvalue weighted by atomic mass is 15.0. The van der Waals surface area contributed by atoms with Crippen molar-refractivity contribution in [1.29, 1.82) is 0 Å². The van der Waals surface area contributed by atoms with E-state index in [1.54, 1.807) is 0 Å². The number of anilines is 1. The summed E-state index contributed by atoms with van der Waals surface area (Å²) in [7, 11) is 0. The van der Waals surface area contributed by atoms with E-state index in [4.69, 9.17) is 9.97 Å². The molecule has 0 aliphatic carbocycles. The first kappa shape index (κ1) is 14.5. The second-order valence-electron chi connectivity index (χ2n) is 6.50. The minimum absolute atomic E-state index is 0.0762. The molecule has 3 heteroatoms. The van der Waals surface area contributed by atoms with Gasteiger partial charge in [-0.1, -0.05) is 63.2 Å². The molecular formula is C19H21N3. The second-order valence-corrected chi connectivity index (χ2v) is 6.50. The van der Waals surface area contributed by atoms with E-state index < -0.39 is 0 Å². The number of nitrogens with one attached hydrogen (secondary N) is 1. The Bertz CT molecular complexity index is 774. The van der Waals surface area contributed by atoms with Crippen LogP contribution in [0.3, 0.4) is 0 Å². The van der Waals surface area contributed by atoms with Gasteiger partial charge in [0.15, 0.2) is 0 Å². The maximum atomic E-state index is 4.77. The molecule has 0 spiro atoms. The number of benzene rings is 2. The molecule has 1 aromatic heterocycles. The van der Waals surface area contributed by atoms with Crippen molar-refractivity contribution >= 4 is 16.7 Å². The van der Waals surface area contributed by atoms with Crippen LogP contribution in [0.25, 0.3) is 10.9 Å². The fourth-order valence-corrected chi connectivity index (χ4v) is 2.33. The molecule has 0 unspecified atom stereocenters. The van der Waals surface area contributed by atoms with E-state index in [0.29, 0.717) is 0 Å². The van der Waals surface area contributed by atoms with Crippen LogP contribution in [0.2, 0.25) is 0 Å². The highest BCUT2D eigenvalue weighted by Gasteiger charge is 2.19. The van der Waals surface area contributed by atoms with Crippen molar-refractivity contribution in [2.45, 2.75) is 32.7 Å². The Kier molecular flexibility index (Phi) is 3.80. The maximum Gasteiger partial charge on any atom is 0.137 e. The standard InChI is InChI=1S/C19H21N3/c1-19(2,3)18-21-16-12-8-7-11-15(16)17(22-18)20-13-14-9-5-4-6-10-14/h4-12H,13H2,1-3H3,(H,20,21,22). The summed E-state index contributed by atoms with van der Waals surface area (Å²) in [6, 6.07) is 18.5. The highest BCUT2D eigenvalue weighted by Crippen LogP contribution is 2.26. The fraction of sp³-hybridized carbons (Fsp3) is 0.263. The van der Waals surface area contributed by atoms with Crippen LogP contribution in [0.5, 0.6) is 0 Å². The number of hydrogen-bond donors (Lipinski definition) is 1. The molecule has 3 nitrogen and oxygen atoms in total. The van der Waals surface area contributed by atoms with E-state index >= 15 is 0 Å². The van der Waals surface area contributed by atoms with Crippen molar-refractivity contribution in [2.75, 3.05) is 5.32 Å². The van der Waals surface area contributed by atoms with Crippen LogP contribution in [0.1, 0.15) is 32.2 Å². The van der Waals surface area contributed by atoms with Crippen molar-refractivity contribution in [2.24, 2.45) is 0 Å². The van der Waals surface area contributed by atoms with Crippen molar-refractivity contribution in [1.82, 2.24) is 9.97 Å². The van der Waals surface area contributed by atoms with Crippen LogP contribution in [-0.2, 0) is 12.0 Å².